The van der Waals surface area contributed by atoms with Crippen molar-refractivity contribution in [2.24, 2.45) is 0 Å². The molecule has 0 aliphatic heterocycles. The number of carbonyl (C=O) groups excluding carboxylic acids is 1. The number of nitrogens with one attached hydrogen (secondary N) is 1. The first-order valence-corrected chi connectivity index (χ1v) is 9.63. The highest BCUT2D eigenvalue weighted by atomic mass is 79.9. The third kappa shape index (κ3) is 4.96. The fourth-order valence-corrected chi connectivity index (χ4v) is 3.73. The van der Waals surface area contributed by atoms with Gasteiger partial charge in [0.15, 0.2) is 5.16 Å². The molecule has 0 aliphatic rings. The lowest BCUT2D eigenvalue weighted by Crippen LogP contribution is -2.15. The van der Waals surface area contributed by atoms with E-state index in [1.165, 1.54) is 17.3 Å². The van der Waals surface area contributed by atoms with E-state index in [9.17, 15) is 4.79 Å². The molecular weight excluding hydrogens is 398 g/mol. The number of aryl methyl sites for hydroxylation is 1. The monoisotopic (exact) mass is 415 g/mol. The maximum atomic E-state index is 12.2. The van der Waals surface area contributed by atoms with E-state index in [1.807, 2.05) is 49.5 Å². The Morgan fingerprint density at radius 2 is 2.04 bits per heavy atom. The van der Waals surface area contributed by atoms with Crippen LogP contribution in [0, 0.1) is 6.92 Å². The highest BCUT2D eigenvalue weighted by Crippen LogP contribution is 2.24. The van der Waals surface area contributed by atoms with Crippen molar-refractivity contribution in [3.8, 4) is 0 Å². The highest BCUT2D eigenvalue weighted by molar-refractivity contribution is 9.10. The molecule has 128 valence electrons. The number of rotatable bonds is 6. The van der Waals surface area contributed by atoms with Gasteiger partial charge in [0, 0.05) is 23.4 Å². The average Bonchev–Trinajstić information content (AvgIpc) is 3.03. The number of imidazole rings is 1. The van der Waals surface area contributed by atoms with E-state index >= 15 is 0 Å². The van der Waals surface area contributed by atoms with Gasteiger partial charge in [-0.25, -0.2) is 4.98 Å². The second kappa shape index (κ2) is 8.36. The van der Waals surface area contributed by atoms with E-state index in [4.69, 9.17) is 0 Å². The molecule has 25 heavy (non-hydrogen) atoms. The Morgan fingerprint density at radius 3 is 2.80 bits per heavy atom. The fourth-order valence-electron chi connectivity index (χ4n) is 2.37. The van der Waals surface area contributed by atoms with Crippen LogP contribution in [0.5, 0.6) is 0 Å². The van der Waals surface area contributed by atoms with Crippen molar-refractivity contribution in [1.29, 1.82) is 0 Å². The Morgan fingerprint density at radius 1 is 1.24 bits per heavy atom. The Labute approximate surface area is 159 Å². The van der Waals surface area contributed by atoms with Gasteiger partial charge in [-0.15, -0.1) is 0 Å². The molecule has 0 aliphatic carbocycles. The number of halogens is 1. The van der Waals surface area contributed by atoms with Crippen LogP contribution in [0.25, 0.3) is 0 Å². The van der Waals surface area contributed by atoms with Gasteiger partial charge in [-0.1, -0.05) is 48.2 Å². The summed E-state index contributed by atoms with van der Waals surface area (Å²) in [5, 5.41) is 3.76. The van der Waals surface area contributed by atoms with Crippen LogP contribution in [0.3, 0.4) is 0 Å². The topological polar surface area (TPSA) is 46.9 Å². The molecule has 0 unspecified atom stereocenters. The van der Waals surface area contributed by atoms with Crippen LogP contribution in [-0.2, 0) is 11.3 Å². The zero-order valence-electron chi connectivity index (χ0n) is 13.8. The molecule has 0 bridgehead atoms. The summed E-state index contributed by atoms with van der Waals surface area (Å²) in [7, 11) is 0. The first-order valence-electron chi connectivity index (χ1n) is 7.85. The lowest BCUT2D eigenvalue weighted by Gasteiger charge is -2.09. The molecule has 1 heterocycles. The van der Waals surface area contributed by atoms with E-state index in [1.54, 1.807) is 6.20 Å². The molecule has 4 nitrogen and oxygen atoms in total. The molecule has 0 fully saturated rings. The summed E-state index contributed by atoms with van der Waals surface area (Å²) in [6.45, 7) is 2.76. The molecule has 1 amide bonds. The Kier molecular flexibility index (Phi) is 5.94. The van der Waals surface area contributed by atoms with Gasteiger partial charge in [0.05, 0.1) is 11.4 Å². The zero-order valence-corrected chi connectivity index (χ0v) is 16.2. The summed E-state index contributed by atoms with van der Waals surface area (Å²) >= 11 is 4.91. The molecule has 1 aromatic heterocycles. The van der Waals surface area contributed by atoms with Crippen molar-refractivity contribution in [2.45, 2.75) is 18.6 Å². The SMILES string of the molecule is Cc1ccc(NC(=O)CSc2nccn2Cc2ccccc2)c(Br)c1. The molecule has 2 aromatic carbocycles. The van der Waals surface area contributed by atoms with Crippen molar-refractivity contribution >= 4 is 39.3 Å². The second-order valence-electron chi connectivity index (χ2n) is 5.64. The van der Waals surface area contributed by atoms with Gasteiger partial charge in [0.2, 0.25) is 5.91 Å². The number of anilines is 1. The van der Waals surface area contributed by atoms with Gasteiger partial charge in [0.25, 0.3) is 0 Å². The smallest absolute Gasteiger partial charge is 0.234 e. The molecule has 0 saturated heterocycles. The van der Waals surface area contributed by atoms with Crippen LogP contribution >= 0.6 is 27.7 Å². The molecule has 3 rings (SSSR count). The zero-order chi connectivity index (χ0) is 17.6. The van der Waals surface area contributed by atoms with Crippen LogP contribution in [0.4, 0.5) is 5.69 Å². The Hall–Kier alpha value is -2.05. The van der Waals surface area contributed by atoms with Crippen LogP contribution in [0.15, 0.2) is 70.6 Å². The standard InChI is InChI=1S/C19H18BrN3OS/c1-14-7-8-17(16(20)11-14)22-18(24)13-25-19-21-9-10-23(19)12-15-5-3-2-4-6-15/h2-11H,12-13H2,1H3,(H,22,24). The van der Waals surface area contributed by atoms with Gasteiger partial charge in [-0.3, -0.25) is 4.79 Å². The summed E-state index contributed by atoms with van der Waals surface area (Å²) in [5.74, 6) is 0.260. The summed E-state index contributed by atoms with van der Waals surface area (Å²) in [5.41, 5.74) is 3.13. The summed E-state index contributed by atoms with van der Waals surface area (Å²) < 4.78 is 2.94. The fraction of sp³-hybridized carbons (Fsp3) is 0.158. The molecule has 0 saturated carbocycles. The number of amides is 1. The summed E-state index contributed by atoms with van der Waals surface area (Å²) in [4.78, 5) is 16.6. The largest absolute Gasteiger partial charge is 0.324 e. The first kappa shape index (κ1) is 17.8. The van der Waals surface area contributed by atoms with E-state index in [-0.39, 0.29) is 5.91 Å². The van der Waals surface area contributed by atoms with E-state index in [2.05, 4.69) is 42.9 Å². The van der Waals surface area contributed by atoms with Crippen molar-refractivity contribution in [3.63, 3.8) is 0 Å². The minimum Gasteiger partial charge on any atom is -0.324 e. The van der Waals surface area contributed by atoms with Crippen molar-refractivity contribution in [3.05, 3.63) is 76.5 Å². The van der Waals surface area contributed by atoms with Gasteiger partial charge < -0.3 is 9.88 Å². The third-order valence-electron chi connectivity index (χ3n) is 3.60. The van der Waals surface area contributed by atoms with Crippen LogP contribution < -0.4 is 5.32 Å². The number of carbonyl (C=O) groups is 1. The Bertz CT molecular complexity index is 864. The van der Waals surface area contributed by atoms with Gasteiger partial charge in [-0.2, -0.15) is 0 Å². The maximum absolute atomic E-state index is 12.2. The lowest BCUT2D eigenvalue weighted by molar-refractivity contribution is -0.113. The third-order valence-corrected chi connectivity index (χ3v) is 5.26. The van der Waals surface area contributed by atoms with Gasteiger partial charge in [0.1, 0.15) is 0 Å². The normalized spacial score (nSPS) is 10.6. The van der Waals surface area contributed by atoms with E-state index in [0.29, 0.717) is 5.75 Å². The number of hydrogen-bond acceptors (Lipinski definition) is 3. The Balaban J connectivity index is 1.58. The molecule has 6 heteroatoms. The molecule has 0 spiro atoms. The van der Waals surface area contributed by atoms with Crippen LogP contribution in [-0.4, -0.2) is 21.2 Å². The number of nitrogens with zero attached hydrogens (tertiary/aromatic N) is 2. The quantitative estimate of drug-likeness (QED) is 0.591. The van der Waals surface area contributed by atoms with Crippen molar-refractivity contribution in [2.75, 3.05) is 11.1 Å². The molecule has 3 aromatic rings. The van der Waals surface area contributed by atoms with Gasteiger partial charge in [-0.05, 0) is 46.1 Å². The predicted molar refractivity (Wildman–Crippen MR) is 106 cm³/mol. The van der Waals surface area contributed by atoms with Crippen LogP contribution in [0.1, 0.15) is 11.1 Å². The molecule has 0 radical (unpaired) electrons. The van der Waals surface area contributed by atoms with Gasteiger partial charge >= 0.3 is 0 Å². The average molecular weight is 416 g/mol. The lowest BCUT2D eigenvalue weighted by atomic mass is 10.2. The van der Waals surface area contributed by atoms with Crippen LogP contribution in [0.2, 0.25) is 0 Å². The summed E-state index contributed by atoms with van der Waals surface area (Å²) in [6, 6.07) is 16.1. The highest BCUT2D eigenvalue weighted by Gasteiger charge is 2.10. The number of aromatic nitrogens is 2. The van der Waals surface area contributed by atoms with E-state index in [0.717, 1.165) is 27.4 Å². The van der Waals surface area contributed by atoms with Crippen molar-refractivity contribution in [1.82, 2.24) is 9.55 Å². The minimum atomic E-state index is -0.0520. The predicted octanol–water partition coefficient (Wildman–Crippen LogP) is 4.73. The maximum Gasteiger partial charge on any atom is 0.234 e. The minimum absolute atomic E-state index is 0.0520. The molecular formula is C19H18BrN3OS. The summed E-state index contributed by atoms with van der Waals surface area (Å²) in [6.07, 6.45) is 3.70. The second-order valence-corrected chi connectivity index (χ2v) is 7.44. The number of thioether (sulfide) groups is 1. The molecule has 1 N–H and O–H groups in total. The van der Waals surface area contributed by atoms with Crippen molar-refractivity contribution < 1.29 is 4.79 Å². The van der Waals surface area contributed by atoms with E-state index < -0.39 is 0 Å². The first-order chi connectivity index (χ1) is 12.1. The number of hydrogen-bond donors (Lipinski definition) is 1. The number of benzene rings is 2. The molecule has 0 atom stereocenters.